The van der Waals surface area contributed by atoms with Crippen molar-refractivity contribution < 1.29 is 5.11 Å². The molecule has 0 amide bonds. The van der Waals surface area contributed by atoms with Gasteiger partial charge in [-0.2, -0.15) is 0 Å². The Kier molecular flexibility index (Phi) is 5.02. The predicted octanol–water partition coefficient (Wildman–Crippen LogP) is 3.04. The van der Waals surface area contributed by atoms with Crippen LogP contribution in [0.15, 0.2) is 48.5 Å². The Hall–Kier alpha value is -2.00. The summed E-state index contributed by atoms with van der Waals surface area (Å²) in [6.45, 7) is 3.78. The van der Waals surface area contributed by atoms with Crippen LogP contribution < -0.4 is 10.2 Å². The fourth-order valence-electron chi connectivity index (χ4n) is 2.12. The van der Waals surface area contributed by atoms with E-state index in [1.165, 1.54) is 11.1 Å². The van der Waals surface area contributed by atoms with Gasteiger partial charge in [-0.05, 0) is 42.3 Å². The molecule has 3 nitrogen and oxygen atoms in total. The third kappa shape index (κ3) is 3.75. The first kappa shape index (κ1) is 14.4. The summed E-state index contributed by atoms with van der Waals surface area (Å²) in [6, 6.07) is 16.7. The van der Waals surface area contributed by atoms with E-state index in [2.05, 4.69) is 60.8 Å². The second kappa shape index (κ2) is 6.96. The molecule has 0 aromatic heterocycles. The zero-order valence-electron chi connectivity index (χ0n) is 12.1. The van der Waals surface area contributed by atoms with Crippen molar-refractivity contribution in [3.63, 3.8) is 0 Å². The number of aliphatic hydroxyl groups is 1. The summed E-state index contributed by atoms with van der Waals surface area (Å²) in [5.41, 5.74) is 4.84. The summed E-state index contributed by atoms with van der Waals surface area (Å²) in [5, 5.41) is 12.4. The van der Waals surface area contributed by atoms with Crippen molar-refractivity contribution in [1.29, 1.82) is 0 Å². The van der Waals surface area contributed by atoms with E-state index in [-0.39, 0.29) is 6.61 Å². The van der Waals surface area contributed by atoms with Gasteiger partial charge in [-0.1, -0.05) is 24.3 Å². The average Bonchev–Trinajstić information content (AvgIpc) is 2.47. The van der Waals surface area contributed by atoms with Crippen molar-refractivity contribution in [1.82, 2.24) is 0 Å². The van der Waals surface area contributed by atoms with E-state index in [1.54, 1.807) is 0 Å². The molecule has 20 heavy (non-hydrogen) atoms. The summed E-state index contributed by atoms with van der Waals surface area (Å²) in [4.78, 5) is 2.03. The molecule has 0 atom stereocenters. The molecule has 0 fully saturated rings. The van der Waals surface area contributed by atoms with Gasteiger partial charge in [0.15, 0.2) is 0 Å². The lowest BCUT2D eigenvalue weighted by Crippen LogP contribution is -2.20. The van der Waals surface area contributed by atoms with Crippen LogP contribution in [0.25, 0.3) is 0 Å². The molecule has 0 radical (unpaired) electrons. The fraction of sp³-hybridized carbons (Fsp3) is 0.294. The molecule has 0 aliphatic rings. The number of rotatable bonds is 6. The molecular weight excluding hydrogens is 248 g/mol. The van der Waals surface area contributed by atoms with Crippen molar-refractivity contribution >= 4 is 11.4 Å². The van der Waals surface area contributed by atoms with E-state index in [4.69, 9.17) is 5.11 Å². The Morgan fingerprint density at radius 2 is 1.75 bits per heavy atom. The van der Waals surface area contributed by atoms with E-state index in [9.17, 15) is 0 Å². The quantitative estimate of drug-likeness (QED) is 0.847. The van der Waals surface area contributed by atoms with Gasteiger partial charge in [0.25, 0.3) is 0 Å². The maximum atomic E-state index is 8.93. The summed E-state index contributed by atoms with van der Waals surface area (Å²) < 4.78 is 0. The number of nitrogens with zero attached hydrogens (tertiary/aromatic N) is 1. The summed E-state index contributed by atoms with van der Waals surface area (Å²) in [5.74, 6) is 0. The highest BCUT2D eigenvalue weighted by Gasteiger charge is 2.01. The molecule has 0 aliphatic carbocycles. The van der Waals surface area contributed by atoms with E-state index in [1.807, 2.05) is 11.9 Å². The van der Waals surface area contributed by atoms with Crippen molar-refractivity contribution in [2.75, 3.05) is 30.4 Å². The van der Waals surface area contributed by atoms with Crippen LogP contribution in [-0.2, 0) is 6.54 Å². The maximum Gasteiger partial charge on any atom is 0.0606 e. The van der Waals surface area contributed by atoms with Crippen LogP contribution in [0.5, 0.6) is 0 Å². The minimum Gasteiger partial charge on any atom is -0.395 e. The Morgan fingerprint density at radius 1 is 1.05 bits per heavy atom. The van der Waals surface area contributed by atoms with Crippen LogP contribution >= 0.6 is 0 Å². The topological polar surface area (TPSA) is 35.5 Å². The molecule has 2 N–H and O–H groups in total. The predicted molar refractivity (Wildman–Crippen MR) is 85.3 cm³/mol. The number of nitrogens with one attached hydrogen (secondary N) is 1. The second-order valence-corrected chi connectivity index (χ2v) is 4.97. The van der Waals surface area contributed by atoms with Crippen molar-refractivity contribution in [3.8, 4) is 0 Å². The minimum absolute atomic E-state index is 0.170. The van der Waals surface area contributed by atoms with Gasteiger partial charge < -0.3 is 15.3 Å². The van der Waals surface area contributed by atoms with Crippen LogP contribution in [-0.4, -0.2) is 25.3 Å². The molecule has 3 heteroatoms. The van der Waals surface area contributed by atoms with Gasteiger partial charge >= 0.3 is 0 Å². The van der Waals surface area contributed by atoms with E-state index in [0.29, 0.717) is 6.54 Å². The lowest BCUT2D eigenvalue weighted by molar-refractivity contribution is 0.304. The largest absolute Gasteiger partial charge is 0.395 e. The van der Waals surface area contributed by atoms with Crippen LogP contribution in [0.4, 0.5) is 11.4 Å². The molecule has 106 valence electrons. The molecule has 0 heterocycles. The SMILES string of the molecule is Cc1ccccc1CNc1ccc(N(C)CCO)cc1. The first-order chi connectivity index (χ1) is 9.70. The lowest BCUT2D eigenvalue weighted by Gasteiger charge is -2.18. The molecule has 0 saturated carbocycles. The minimum atomic E-state index is 0.170. The van der Waals surface area contributed by atoms with E-state index in [0.717, 1.165) is 17.9 Å². The molecule has 0 aliphatic heterocycles. The zero-order chi connectivity index (χ0) is 14.4. The number of likely N-dealkylation sites (N-methyl/N-ethyl adjacent to an activating group) is 1. The van der Waals surface area contributed by atoms with E-state index >= 15 is 0 Å². The lowest BCUT2D eigenvalue weighted by atomic mass is 10.1. The van der Waals surface area contributed by atoms with Crippen LogP contribution in [0.1, 0.15) is 11.1 Å². The van der Waals surface area contributed by atoms with Crippen molar-refractivity contribution in [3.05, 3.63) is 59.7 Å². The standard InChI is InChI=1S/C17H22N2O/c1-14-5-3-4-6-15(14)13-18-16-7-9-17(10-8-16)19(2)11-12-20/h3-10,18,20H,11-13H2,1-2H3. The summed E-state index contributed by atoms with van der Waals surface area (Å²) in [7, 11) is 1.98. The highest BCUT2D eigenvalue weighted by molar-refractivity contribution is 5.55. The number of aliphatic hydroxyl groups excluding tert-OH is 1. The number of aryl methyl sites for hydroxylation is 1. The van der Waals surface area contributed by atoms with Gasteiger partial charge in [-0.15, -0.1) is 0 Å². The Labute approximate surface area is 120 Å². The van der Waals surface area contributed by atoms with Gasteiger partial charge in [0.2, 0.25) is 0 Å². The van der Waals surface area contributed by atoms with Crippen LogP contribution in [0.2, 0.25) is 0 Å². The van der Waals surface area contributed by atoms with E-state index < -0.39 is 0 Å². The monoisotopic (exact) mass is 270 g/mol. The normalized spacial score (nSPS) is 10.3. The van der Waals surface area contributed by atoms with Crippen LogP contribution in [0.3, 0.4) is 0 Å². The molecule has 2 aromatic rings. The number of anilines is 2. The number of hydrogen-bond donors (Lipinski definition) is 2. The maximum absolute atomic E-state index is 8.93. The molecule has 2 rings (SSSR count). The van der Waals surface area contributed by atoms with Crippen molar-refractivity contribution in [2.45, 2.75) is 13.5 Å². The Morgan fingerprint density at radius 3 is 2.40 bits per heavy atom. The smallest absolute Gasteiger partial charge is 0.0606 e. The van der Waals surface area contributed by atoms with Gasteiger partial charge in [-0.3, -0.25) is 0 Å². The van der Waals surface area contributed by atoms with Crippen molar-refractivity contribution in [2.24, 2.45) is 0 Å². The zero-order valence-corrected chi connectivity index (χ0v) is 12.1. The van der Waals surface area contributed by atoms with Gasteiger partial charge in [0.1, 0.15) is 0 Å². The van der Waals surface area contributed by atoms with Crippen LogP contribution in [0, 0.1) is 6.92 Å². The Bertz CT molecular complexity index is 537. The number of hydrogen-bond acceptors (Lipinski definition) is 3. The molecular formula is C17H22N2O. The summed E-state index contributed by atoms with van der Waals surface area (Å²) in [6.07, 6.45) is 0. The molecule has 0 unspecified atom stereocenters. The third-order valence-corrected chi connectivity index (χ3v) is 3.49. The van der Waals surface area contributed by atoms with Gasteiger partial charge in [0, 0.05) is 31.5 Å². The number of benzene rings is 2. The third-order valence-electron chi connectivity index (χ3n) is 3.49. The molecule has 2 aromatic carbocycles. The molecule has 0 spiro atoms. The fourth-order valence-corrected chi connectivity index (χ4v) is 2.12. The summed E-state index contributed by atoms with van der Waals surface area (Å²) >= 11 is 0. The first-order valence-corrected chi connectivity index (χ1v) is 6.91. The molecule has 0 bridgehead atoms. The van der Waals surface area contributed by atoms with Gasteiger partial charge in [-0.25, -0.2) is 0 Å². The average molecular weight is 270 g/mol. The Balaban J connectivity index is 1.96. The highest BCUT2D eigenvalue weighted by Crippen LogP contribution is 2.17. The first-order valence-electron chi connectivity index (χ1n) is 6.91. The highest BCUT2D eigenvalue weighted by atomic mass is 16.3. The second-order valence-electron chi connectivity index (χ2n) is 4.97. The molecule has 0 saturated heterocycles. The van der Waals surface area contributed by atoms with Gasteiger partial charge in [0.05, 0.1) is 6.61 Å².